The first-order valence-corrected chi connectivity index (χ1v) is 10.0. The van der Waals surface area contributed by atoms with E-state index in [1.807, 2.05) is 19.1 Å². The Morgan fingerprint density at radius 3 is 2.77 bits per heavy atom. The Bertz CT molecular complexity index is 1070. The molecule has 0 saturated carbocycles. The number of nitrogens with zero attached hydrogens (tertiary/aromatic N) is 3. The number of aromatic nitrogens is 2. The predicted molar refractivity (Wildman–Crippen MR) is 114 cm³/mol. The Kier molecular flexibility index (Phi) is 5.63. The van der Waals surface area contributed by atoms with Crippen LogP contribution in [-0.4, -0.2) is 41.9 Å². The third-order valence-electron chi connectivity index (χ3n) is 5.33. The van der Waals surface area contributed by atoms with Crippen LogP contribution in [0, 0.1) is 12.7 Å². The molecule has 8 heteroatoms. The first-order valence-electron chi connectivity index (χ1n) is 9.66. The van der Waals surface area contributed by atoms with Crippen molar-refractivity contribution in [2.24, 2.45) is 0 Å². The van der Waals surface area contributed by atoms with E-state index < -0.39 is 0 Å². The van der Waals surface area contributed by atoms with E-state index in [4.69, 9.17) is 16.3 Å². The predicted octanol–water partition coefficient (Wildman–Crippen LogP) is 3.99. The molecular weight excluding hydrogens is 407 g/mol. The molecule has 6 nitrogen and oxygen atoms in total. The number of amides is 1. The van der Waals surface area contributed by atoms with Crippen molar-refractivity contribution >= 4 is 23.2 Å². The number of ether oxygens (including phenoxy) is 1. The molecule has 1 N–H and O–H groups in total. The summed E-state index contributed by atoms with van der Waals surface area (Å²) < 4.78 is 20.3. The summed E-state index contributed by atoms with van der Waals surface area (Å²) in [7, 11) is 1.63. The molecule has 1 saturated heterocycles. The van der Waals surface area contributed by atoms with E-state index in [1.165, 1.54) is 12.1 Å². The van der Waals surface area contributed by atoms with Gasteiger partial charge in [0.2, 0.25) is 0 Å². The summed E-state index contributed by atoms with van der Waals surface area (Å²) in [6, 6.07) is 11.5. The average Bonchev–Trinajstić information content (AvgIpc) is 3.35. The maximum atomic E-state index is 13.2. The molecule has 1 amide bonds. The Balaban J connectivity index is 1.45. The second-order valence-corrected chi connectivity index (χ2v) is 7.69. The number of methoxy groups -OCH3 is 1. The molecule has 0 spiro atoms. The van der Waals surface area contributed by atoms with Gasteiger partial charge >= 0.3 is 0 Å². The molecule has 1 unspecified atom stereocenters. The third kappa shape index (κ3) is 3.98. The minimum atomic E-state index is -0.316. The van der Waals surface area contributed by atoms with Gasteiger partial charge in [-0.05, 0) is 55.8 Å². The van der Waals surface area contributed by atoms with Crippen molar-refractivity contribution in [3.8, 4) is 11.4 Å². The summed E-state index contributed by atoms with van der Waals surface area (Å²) in [5, 5.41) is 8.03. The molecule has 1 fully saturated rings. The van der Waals surface area contributed by atoms with E-state index in [2.05, 4.69) is 15.3 Å². The van der Waals surface area contributed by atoms with Gasteiger partial charge in [-0.2, -0.15) is 5.10 Å². The van der Waals surface area contributed by atoms with Gasteiger partial charge in [0.15, 0.2) is 0 Å². The number of anilines is 1. The second kappa shape index (κ2) is 8.36. The zero-order valence-electron chi connectivity index (χ0n) is 16.7. The topological polar surface area (TPSA) is 59.4 Å². The van der Waals surface area contributed by atoms with Gasteiger partial charge in [0, 0.05) is 24.2 Å². The van der Waals surface area contributed by atoms with Crippen LogP contribution in [0.3, 0.4) is 0 Å². The zero-order chi connectivity index (χ0) is 21.3. The number of hydrogen-bond donors (Lipinski definition) is 1. The van der Waals surface area contributed by atoms with Gasteiger partial charge in [0.1, 0.15) is 11.6 Å². The quantitative estimate of drug-likeness (QED) is 0.667. The van der Waals surface area contributed by atoms with E-state index in [0.29, 0.717) is 28.5 Å². The molecule has 3 aromatic rings. The number of hydrogen-bond acceptors (Lipinski definition) is 4. The third-order valence-corrected chi connectivity index (χ3v) is 5.57. The molecule has 1 atom stereocenters. The molecule has 0 radical (unpaired) electrons. The maximum absolute atomic E-state index is 13.2. The monoisotopic (exact) mass is 428 g/mol. The lowest BCUT2D eigenvalue weighted by Gasteiger charge is -2.21. The van der Waals surface area contributed by atoms with E-state index in [1.54, 1.807) is 36.2 Å². The van der Waals surface area contributed by atoms with Crippen LogP contribution in [-0.2, 0) is 0 Å². The summed E-state index contributed by atoms with van der Waals surface area (Å²) in [5.41, 5.74) is 2.82. The number of nitrogens with one attached hydrogen (secondary N) is 1. The normalized spacial score (nSPS) is 16.0. The van der Waals surface area contributed by atoms with Crippen LogP contribution < -0.4 is 15.0 Å². The highest BCUT2D eigenvalue weighted by atomic mass is 35.5. The number of carbonyl (C=O) groups is 1. The number of benzene rings is 2. The Morgan fingerprint density at radius 1 is 1.27 bits per heavy atom. The Labute approximate surface area is 179 Å². The van der Waals surface area contributed by atoms with Crippen LogP contribution in [0.4, 0.5) is 10.1 Å². The van der Waals surface area contributed by atoms with Gasteiger partial charge in [-0.1, -0.05) is 11.6 Å². The summed E-state index contributed by atoms with van der Waals surface area (Å²) in [4.78, 5) is 15.0. The molecule has 4 rings (SSSR count). The first kappa shape index (κ1) is 20.2. The zero-order valence-corrected chi connectivity index (χ0v) is 17.5. The van der Waals surface area contributed by atoms with Crippen molar-refractivity contribution in [2.45, 2.75) is 19.4 Å². The van der Waals surface area contributed by atoms with Gasteiger partial charge in [0.05, 0.1) is 35.9 Å². The van der Waals surface area contributed by atoms with Crippen LogP contribution in [0.1, 0.15) is 22.5 Å². The van der Waals surface area contributed by atoms with Gasteiger partial charge in [0.25, 0.3) is 5.91 Å². The largest absolute Gasteiger partial charge is 0.495 e. The summed E-state index contributed by atoms with van der Waals surface area (Å²) in [5.74, 6) is 0.261. The number of carbonyl (C=O) groups excluding carboxylic acids is 1. The number of halogens is 2. The van der Waals surface area contributed by atoms with Crippen molar-refractivity contribution < 1.29 is 13.9 Å². The smallest absolute Gasteiger partial charge is 0.255 e. The first-order chi connectivity index (χ1) is 14.5. The highest BCUT2D eigenvalue weighted by molar-refractivity contribution is 6.30. The summed E-state index contributed by atoms with van der Waals surface area (Å²) in [6.07, 6.45) is 2.35. The molecular formula is C22H22ClFN4O2. The Hall–Kier alpha value is -3.06. The van der Waals surface area contributed by atoms with E-state index in [9.17, 15) is 9.18 Å². The van der Waals surface area contributed by atoms with Crippen molar-refractivity contribution in [3.63, 3.8) is 0 Å². The maximum Gasteiger partial charge on any atom is 0.255 e. The second-order valence-electron chi connectivity index (χ2n) is 7.25. The van der Waals surface area contributed by atoms with Crippen molar-refractivity contribution in [2.75, 3.05) is 25.1 Å². The fraction of sp³-hybridized carbons (Fsp3) is 0.273. The molecule has 1 aliphatic heterocycles. The van der Waals surface area contributed by atoms with Gasteiger partial charge in [-0.25, -0.2) is 9.07 Å². The highest BCUT2D eigenvalue weighted by Gasteiger charge is 2.27. The van der Waals surface area contributed by atoms with Crippen LogP contribution in [0.2, 0.25) is 5.02 Å². The van der Waals surface area contributed by atoms with E-state index in [0.717, 1.165) is 24.4 Å². The summed E-state index contributed by atoms with van der Waals surface area (Å²) >= 11 is 6.15. The van der Waals surface area contributed by atoms with E-state index in [-0.39, 0.29) is 17.8 Å². The number of rotatable bonds is 5. The van der Waals surface area contributed by atoms with Crippen LogP contribution in [0.25, 0.3) is 5.69 Å². The lowest BCUT2D eigenvalue weighted by Crippen LogP contribution is -2.37. The van der Waals surface area contributed by atoms with Crippen molar-refractivity contribution in [1.29, 1.82) is 0 Å². The van der Waals surface area contributed by atoms with Gasteiger partial charge in [-0.3, -0.25) is 4.79 Å². The van der Waals surface area contributed by atoms with Crippen LogP contribution in [0.15, 0.2) is 48.7 Å². The minimum absolute atomic E-state index is 0.00485. The molecule has 2 heterocycles. The van der Waals surface area contributed by atoms with Crippen molar-refractivity contribution in [3.05, 3.63) is 70.8 Å². The fourth-order valence-corrected chi connectivity index (χ4v) is 3.91. The van der Waals surface area contributed by atoms with Crippen LogP contribution in [0.5, 0.6) is 5.75 Å². The van der Waals surface area contributed by atoms with Gasteiger partial charge < -0.3 is 15.0 Å². The molecule has 2 aromatic carbocycles. The summed E-state index contributed by atoms with van der Waals surface area (Å²) in [6.45, 7) is 3.27. The fourth-order valence-electron chi connectivity index (χ4n) is 3.75. The average molecular weight is 429 g/mol. The Morgan fingerprint density at radius 2 is 2.03 bits per heavy atom. The SMILES string of the molecule is COc1ccc(Cl)cc1N1CCC(NC(=O)c2cnn(-c3ccc(F)cc3)c2C)C1. The molecule has 156 valence electrons. The molecule has 30 heavy (non-hydrogen) atoms. The highest BCUT2D eigenvalue weighted by Crippen LogP contribution is 2.33. The molecule has 0 bridgehead atoms. The van der Waals surface area contributed by atoms with Gasteiger partial charge in [-0.15, -0.1) is 0 Å². The standard InChI is InChI=1S/C22H22ClFN4O2/c1-14-19(12-25-28(14)18-6-4-16(24)5-7-18)22(29)26-17-9-10-27(13-17)20-11-15(23)3-8-21(20)30-2/h3-8,11-12,17H,9-10,13H2,1-2H3,(H,26,29). The lowest BCUT2D eigenvalue weighted by atomic mass is 10.2. The van der Waals surface area contributed by atoms with Crippen LogP contribution >= 0.6 is 11.6 Å². The lowest BCUT2D eigenvalue weighted by molar-refractivity contribution is 0.0939. The van der Waals surface area contributed by atoms with Crippen molar-refractivity contribution in [1.82, 2.24) is 15.1 Å². The minimum Gasteiger partial charge on any atom is -0.495 e. The van der Waals surface area contributed by atoms with E-state index >= 15 is 0 Å². The molecule has 0 aliphatic carbocycles. The molecule has 1 aromatic heterocycles. The molecule has 1 aliphatic rings.